The maximum absolute atomic E-state index is 11.9. The first kappa shape index (κ1) is 16.7. The van der Waals surface area contributed by atoms with Crippen LogP contribution in [0.15, 0.2) is 30.5 Å². The first-order valence-corrected chi connectivity index (χ1v) is 8.06. The van der Waals surface area contributed by atoms with E-state index in [9.17, 15) is 9.90 Å². The van der Waals surface area contributed by atoms with Crippen molar-refractivity contribution >= 4 is 29.0 Å². The maximum atomic E-state index is 11.9. The van der Waals surface area contributed by atoms with E-state index < -0.39 is 6.10 Å². The molecular formula is C15H18ClN3O2S. The Morgan fingerprint density at radius 3 is 2.82 bits per heavy atom. The molecule has 0 bridgehead atoms. The van der Waals surface area contributed by atoms with Gasteiger partial charge in [-0.3, -0.25) is 0 Å². The fourth-order valence-electron chi connectivity index (χ4n) is 1.93. The predicted molar refractivity (Wildman–Crippen MR) is 88.2 cm³/mol. The summed E-state index contributed by atoms with van der Waals surface area (Å²) in [5.74, 6) is 0. The Morgan fingerprint density at radius 1 is 1.45 bits per heavy atom. The van der Waals surface area contributed by atoms with Crippen LogP contribution in [0.5, 0.6) is 0 Å². The third-order valence-electron chi connectivity index (χ3n) is 3.08. The van der Waals surface area contributed by atoms with E-state index in [2.05, 4.69) is 15.6 Å². The molecule has 0 fully saturated rings. The minimum Gasteiger partial charge on any atom is -0.387 e. The summed E-state index contributed by atoms with van der Waals surface area (Å²) in [5, 5.41) is 16.8. The summed E-state index contributed by atoms with van der Waals surface area (Å²) in [6.07, 6.45) is 0.925. The molecule has 2 amide bonds. The number of carbonyl (C=O) groups excluding carboxylic acids is 1. The average Bonchev–Trinajstić information content (AvgIpc) is 2.92. The summed E-state index contributed by atoms with van der Waals surface area (Å²) in [6, 6.07) is 6.47. The van der Waals surface area contributed by atoms with Crippen LogP contribution in [0.2, 0.25) is 5.02 Å². The first-order chi connectivity index (χ1) is 10.5. The van der Waals surface area contributed by atoms with Crippen LogP contribution in [-0.4, -0.2) is 22.7 Å². The minimum atomic E-state index is -0.850. The Labute approximate surface area is 138 Å². The molecule has 5 nitrogen and oxygen atoms in total. The second kappa shape index (κ2) is 7.58. The van der Waals surface area contributed by atoms with Crippen LogP contribution in [0, 0.1) is 6.92 Å². The molecule has 3 N–H and O–H groups in total. The van der Waals surface area contributed by atoms with Crippen molar-refractivity contribution in [3.8, 4) is 0 Å². The predicted octanol–water partition coefficient (Wildman–Crippen LogP) is 3.20. The second-order valence-electron chi connectivity index (χ2n) is 4.92. The van der Waals surface area contributed by atoms with Gasteiger partial charge in [-0.1, -0.05) is 29.8 Å². The second-order valence-corrected chi connectivity index (χ2v) is 6.60. The molecule has 2 rings (SSSR count). The van der Waals surface area contributed by atoms with Crippen LogP contribution >= 0.6 is 22.9 Å². The van der Waals surface area contributed by atoms with E-state index >= 15 is 0 Å². The number of nitrogens with one attached hydrogen (secondary N) is 2. The van der Waals surface area contributed by atoms with E-state index in [4.69, 9.17) is 11.6 Å². The summed E-state index contributed by atoms with van der Waals surface area (Å²) < 4.78 is 0. The van der Waals surface area contributed by atoms with Crippen LogP contribution in [0.25, 0.3) is 0 Å². The van der Waals surface area contributed by atoms with Crippen molar-refractivity contribution in [2.75, 3.05) is 6.54 Å². The molecular weight excluding hydrogens is 322 g/mol. The van der Waals surface area contributed by atoms with E-state index in [1.807, 2.05) is 13.8 Å². The molecule has 2 aromatic rings. The molecule has 1 aromatic heterocycles. The van der Waals surface area contributed by atoms with Crippen molar-refractivity contribution in [2.45, 2.75) is 26.0 Å². The molecule has 22 heavy (non-hydrogen) atoms. The number of halogens is 1. The van der Waals surface area contributed by atoms with Gasteiger partial charge in [-0.15, -0.1) is 11.3 Å². The zero-order valence-corrected chi connectivity index (χ0v) is 13.9. The van der Waals surface area contributed by atoms with Gasteiger partial charge in [-0.25, -0.2) is 9.78 Å². The topological polar surface area (TPSA) is 74.2 Å². The molecule has 1 aromatic carbocycles. The summed E-state index contributed by atoms with van der Waals surface area (Å²) in [4.78, 5) is 17.2. The summed E-state index contributed by atoms with van der Waals surface area (Å²) in [6.45, 7) is 3.91. The van der Waals surface area contributed by atoms with Gasteiger partial charge >= 0.3 is 6.03 Å². The van der Waals surface area contributed by atoms with Crippen molar-refractivity contribution in [3.05, 3.63) is 50.9 Å². The van der Waals surface area contributed by atoms with Crippen LogP contribution < -0.4 is 10.6 Å². The molecule has 1 heterocycles. The highest BCUT2D eigenvalue weighted by atomic mass is 35.5. The monoisotopic (exact) mass is 339 g/mol. The molecule has 0 spiro atoms. The summed E-state index contributed by atoms with van der Waals surface area (Å²) in [5.41, 5.74) is 0.591. The van der Waals surface area contributed by atoms with Crippen LogP contribution in [0.4, 0.5) is 4.79 Å². The number of aromatic nitrogens is 1. The molecule has 118 valence electrons. The Morgan fingerprint density at radius 2 is 2.18 bits per heavy atom. The van der Waals surface area contributed by atoms with Gasteiger partial charge in [0.1, 0.15) is 5.01 Å². The van der Waals surface area contributed by atoms with E-state index in [1.54, 1.807) is 41.8 Å². The Kier molecular flexibility index (Phi) is 5.76. The number of nitrogens with zero attached hydrogens (tertiary/aromatic N) is 1. The lowest BCUT2D eigenvalue weighted by Gasteiger charge is -2.16. The Hall–Kier alpha value is -1.63. The number of carbonyl (C=O) groups is 1. The first-order valence-electron chi connectivity index (χ1n) is 6.86. The molecule has 2 unspecified atom stereocenters. The van der Waals surface area contributed by atoms with Gasteiger partial charge in [-0.05, 0) is 19.9 Å². The molecule has 7 heteroatoms. The zero-order chi connectivity index (χ0) is 16.1. The number of hydrogen-bond donors (Lipinski definition) is 3. The summed E-state index contributed by atoms with van der Waals surface area (Å²) in [7, 11) is 0. The molecule has 0 aliphatic carbocycles. The number of urea groups is 1. The molecule has 0 saturated carbocycles. The highest BCUT2D eigenvalue weighted by Crippen LogP contribution is 2.22. The maximum Gasteiger partial charge on any atom is 0.315 e. The van der Waals surface area contributed by atoms with Crippen molar-refractivity contribution in [1.82, 2.24) is 15.6 Å². The van der Waals surface area contributed by atoms with E-state index in [0.29, 0.717) is 10.6 Å². The van der Waals surface area contributed by atoms with Gasteiger partial charge in [-0.2, -0.15) is 0 Å². The highest BCUT2D eigenvalue weighted by molar-refractivity contribution is 7.11. The van der Waals surface area contributed by atoms with Crippen molar-refractivity contribution in [3.63, 3.8) is 0 Å². The lowest BCUT2D eigenvalue weighted by atomic mass is 10.1. The van der Waals surface area contributed by atoms with Crippen LogP contribution in [0.3, 0.4) is 0 Å². The molecule has 0 aliphatic heterocycles. The van der Waals surface area contributed by atoms with Gasteiger partial charge in [0.25, 0.3) is 0 Å². The highest BCUT2D eigenvalue weighted by Gasteiger charge is 2.15. The largest absolute Gasteiger partial charge is 0.387 e. The van der Waals surface area contributed by atoms with E-state index in [0.717, 1.165) is 9.88 Å². The summed E-state index contributed by atoms with van der Waals surface area (Å²) >= 11 is 7.55. The fourth-order valence-corrected chi connectivity index (χ4v) is 2.96. The lowest BCUT2D eigenvalue weighted by Crippen LogP contribution is -2.39. The number of benzene rings is 1. The standard InChI is InChI=1S/C15H18ClN3O2S/c1-9-7-17-14(22-9)10(2)19-15(21)18-8-13(20)11-5-3-4-6-12(11)16/h3-7,10,13,20H,8H2,1-2H3,(H2,18,19,21). The zero-order valence-electron chi connectivity index (χ0n) is 12.3. The average molecular weight is 340 g/mol. The van der Waals surface area contributed by atoms with E-state index in [1.165, 1.54) is 0 Å². The molecule has 0 radical (unpaired) electrons. The minimum absolute atomic E-state index is 0.0825. The number of aryl methyl sites for hydroxylation is 1. The van der Waals surface area contributed by atoms with E-state index in [-0.39, 0.29) is 18.6 Å². The van der Waals surface area contributed by atoms with Crippen molar-refractivity contribution < 1.29 is 9.90 Å². The quantitative estimate of drug-likeness (QED) is 0.783. The lowest BCUT2D eigenvalue weighted by molar-refractivity contribution is 0.172. The number of rotatable bonds is 5. The number of aliphatic hydroxyl groups excluding tert-OH is 1. The Balaban J connectivity index is 1.84. The Bertz CT molecular complexity index is 647. The molecule has 0 saturated heterocycles. The van der Waals surface area contributed by atoms with Gasteiger partial charge in [0.15, 0.2) is 0 Å². The van der Waals surface area contributed by atoms with Crippen LogP contribution in [0.1, 0.15) is 34.5 Å². The molecule has 2 atom stereocenters. The normalized spacial score (nSPS) is 13.5. The van der Waals surface area contributed by atoms with Crippen LogP contribution in [-0.2, 0) is 0 Å². The van der Waals surface area contributed by atoms with Crippen molar-refractivity contribution in [1.29, 1.82) is 0 Å². The number of amides is 2. The third kappa shape index (κ3) is 4.43. The van der Waals surface area contributed by atoms with Gasteiger partial charge in [0.2, 0.25) is 0 Å². The molecule has 0 aliphatic rings. The van der Waals surface area contributed by atoms with Crippen molar-refractivity contribution in [2.24, 2.45) is 0 Å². The number of aliphatic hydroxyl groups is 1. The number of hydrogen-bond acceptors (Lipinski definition) is 4. The number of thiazole rings is 1. The smallest absolute Gasteiger partial charge is 0.315 e. The van der Waals surface area contributed by atoms with Gasteiger partial charge < -0.3 is 15.7 Å². The SMILES string of the molecule is Cc1cnc(C(C)NC(=O)NCC(O)c2ccccc2Cl)s1. The third-order valence-corrected chi connectivity index (χ3v) is 4.52. The van der Waals surface area contributed by atoms with Gasteiger partial charge in [0, 0.05) is 28.2 Å². The fraction of sp³-hybridized carbons (Fsp3) is 0.333. The van der Waals surface area contributed by atoms with Gasteiger partial charge in [0.05, 0.1) is 12.1 Å².